The monoisotopic (exact) mass is 839 g/mol. The molecule has 0 atom stereocenters. The summed E-state index contributed by atoms with van der Waals surface area (Å²) in [6.45, 7) is 0. The van der Waals surface area contributed by atoms with Crippen LogP contribution in [0.2, 0.25) is 0 Å². The van der Waals surface area contributed by atoms with E-state index >= 15 is 0 Å². The molecule has 0 radical (unpaired) electrons. The molecule has 13 rings (SSSR count). The van der Waals surface area contributed by atoms with Crippen molar-refractivity contribution in [1.29, 1.82) is 0 Å². The van der Waals surface area contributed by atoms with Crippen LogP contribution in [0.3, 0.4) is 0 Å². The van der Waals surface area contributed by atoms with Crippen LogP contribution in [-0.2, 0) is 0 Å². The number of para-hydroxylation sites is 1. The van der Waals surface area contributed by atoms with E-state index in [0.29, 0.717) is 17.5 Å². The second kappa shape index (κ2) is 14.4. The number of rotatable bonds is 6. The van der Waals surface area contributed by atoms with E-state index in [1.165, 1.54) is 74.1 Å². The highest BCUT2D eigenvalue weighted by Gasteiger charge is 2.20. The first kappa shape index (κ1) is 35.9. The van der Waals surface area contributed by atoms with Gasteiger partial charge in [-0.3, -0.25) is 4.98 Å². The van der Waals surface area contributed by atoms with Crippen molar-refractivity contribution in [2.75, 3.05) is 0 Å². The summed E-state index contributed by atoms with van der Waals surface area (Å²) in [5.74, 6) is 1.94. The Kier molecular flexibility index (Phi) is 8.19. The van der Waals surface area contributed by atoms with Crippen LogP contribution in [0.5, 0.6) is 0 Å². The number of nitrogens with zero attached hydrogens (tertiary/aromatic N) is 5. The molecular weight excluding hydrogens is 807 g/mol. The van der Waals surface area contributed by atoms with E-state index in [2.05, 4.69) is 179 Å². The van der Waals surface area contributed by atoms with Crippen molar-refractivity contribution in [3.63, 3.8) is 0 Å². The van der Waals surface area contributed by atoms with Gasteiger partial charge in [-0.1, -0.05) is 140 Å². The minimum Gasteiger partial charge on any atom is -0.309 e. The highest BCUT2D eigenvalue weighted by atomic mass is 32.1. The zero-order valence-corrected chi connectivity index (χ0v) is 35.2. The van der Waals surface area contributed by atoms with E-state index < -0.39 is 0 Å². The van der Waals surface area contributed by atoms with E-state index in [9.17, 15) is 0 Å². The quantitative estimate of drug-likeness (QED) is 0.167. The average molecular weight is 840 g/mol. The maximum absolute atomic E-state index is 5.21. The molecule has 5 nitrogen and oxygen atoms in total. The molecule has 5 heterocycles. The summed E-state index contributed by atoms with van der Waals surface area (Å²) in [6, 6.07) is 67.0. The van der Waals surface area contributed by atoms with Crippen LogP contribution >= 0.6 is 22.7 Å². The van der Waals surface area contributed by atoms with Crippen LogP contribution in [0.4, 0.5) is 0 Å². The molecular formula is C56H33N5S2. The summed E-state index contributed by atoms with van der Waals surface area (Å²) in [4.78, 5) is 19.9. The molecule has 0 fully saturated rings. The van der Waals surface area contributed by atoms with E-state index in [1.807, 2.05) is 30.6 Å². The molecule has 0 bridgehead atoms. The molecule has 0 aliphatic heterocycles. The number of hydrogen-bond acceptors (Lipinski definition) is 6. The first-order chi connectivity index (χ1) is 31.2. The lowest BCUT2D eigenvalue weighted by Crippen LogP contribution is -2.00. The third-order valence-electron chi connectivity index (χ3n) is 12.2. The van der Waals surface area contributed by atoms with Crippen molar-refractivity contribution in [1.82, 2.24) is 24.5 Å². The predicted molar refractivity (Wildman–Crippen MR) is 265 cm³/mol. The molecule has 7 heteroatoms. The van der Waals surface area contributed by atoms with Gasteiger partial charge in [-0.25, -0.2) is 15.0 Å². The lowest BCUT2D eigenvalue weighted by Gasteiger charge is -2.13. The number of pyridine rings is 1. The molecule has 0 N–H and O–H groups in total. The molecule has 0 spiro atoms. The van der Waals surface area contributed by atoms with E-state index in [4.69, 9.17) is 15.0 Å². The molecule has 0 aliphatic rings. The summed E-state index contributed by atoms with van der Waals surface area (Å²) in [6.07, 6.45) is 3.88. The fourth-order valence-corrected chi connectivity index (χ4v) is 11.6. The summed E-state index contributed by atoms with van der Waals surface area (Å²) in [5, 5.41) is 7.33. The van der Waals surface area contributed by atoms with Gasteiger partial charge in [-0.05, 0) is 65.2 Å². The smallest absolute Gasteiger partial charge is 0.165 e. The highest BCUT2D eigenvalue weighted by Crippen LogP contribution is 2.44. The zero-order chi connectivity index (χ0) is 41.4. The number of benzene rings is 8. The number of fused-ring (bicyclic) bond motifs is 9. The maximum atomic E-state index is 5.21. The Morgan fingerprint density at radius 2 is 0.952 bits per heavy atom. The first-order valence-electron chi connectivity index (χ1n) is 20.9. The number of hydrogen-bond donors (Lipinski definition) is 0. The molecule has 8 aromatic carbocycles. The van der Waals surface area contributed by atoms with E-state index in [-0.39, 0.29) is 0 Å². The minimum absolute atomic E-state index is 0.635. The van der Waals surface area contributed by atoms with Crippen LogP contribution < -0.4 is 0 Å². The highest BCUT2D eigenvalue weighted by molar-refractivity contribution is 7.26. The van der Waals surface area contributed by atoms with Gasteiger partial charge < -0.3 is 4.57 Å². The predicted octanol–water partition coefficient (Wildman–Crippen LogP) is 15.4. The van der Waals surface area contributed by atoms with Gasteiger partial charge in [0.2, 0.25) is 0 Å². The Morgan fingerprint density at radius 3 is 1.78 bits per heavy atom. The third-order valence-corrected chi connectivity index (χ3v) is 14.6. The fraction of sp³-hybridized carbons (Fsp3) is 0. The first-order valence-corrected chi connectivity index (χ1v) is 22.6. The second-order valence-corrected chi connectivity index (χ2v) is 17.9. The van der Waals surface area contributed by atoms with Gasteiger partial charge in [0.1, 0.15) is 0 Å². The Labute approximate surface area is 369 Å². The normalized spacial score (nSPS) is 11.8. The lowest BCUT2D eigenvalue weighted by atomic mass is 10.00. The van der Waals surface area contributed by atoms with Gasteiger partial charge in [0.15, 0.2) is 17.5 Å². The van der Waals surface area contributed by atoms with E-state index in [1.54, 1.807) is 22.7 Å². The molecule has 0 amide bonds. The average Bonchev–Trinajstić information content (AvgIpc) is 4.04. The third kappa shape index (κ3) is 5.89. The van der Waals surface area contributed by atoms with Crippen molar-refractivity contribution in [2.24, 2.45) is 0 Å². The Bertz CT molecular complexity index is 3910. The largest absolute Gasteiger partial charge is 0.309 e. The molecule has 5 aromatic heterocycles. The van der Waals surface area contributed by atoms with Gasteiger partial charge >= 0.3 is 0 Å². The van der Waals surface area contributed by atoms with Crippen LogP contribution in [0.1, 0.15) is 0 Å². The molecule has 0 aliphatic carbocycles. The Balaban J connectivity index is 0.979. The van der Waals surface area contributed by atoms with Crippen LogP contribution in [0.15, 0.2) is 200 Å². The molecule has 63 heavy (non-hydrogen) atoms. The van der Waals surface area contributed by atoms with Gasteiger partial charge in [0, 0.05) is 86.8 Å². The van der Waals surface area contributed by atoms with Crippen LogP contribution in [0.25, 0.3) is 124 Å². The van der Waals surface area contributed by atoms with Gasteiger partial charge in [0.05, 0.1) is 15.7 Å². The minimum atomic E-state index is 0.635. The van der Waals surface area contributed by atoms with Crippen molar-refractivity contribution in [3.8, 4) is 62.1 Å². The summed E-state index contributed by atoms with van der Waals surface area (Å²) < 4.78 is 7.24. The molecule has 0 saturated heterocycles. The number of aromatic nitrogens is 5. The second-order valence-electron chi connectivity index (χ2n) is 15.8. The Morgan fingerprint density at radius 1 is 0.349 bits per heavy atom. The maximum Gasteiger partial charge on any atom is 0.165 e. The lowest BCUT2D eigenvalue weighted by molar-refractivity contribution is 1.08. The van der Waals surface area contributed by atoms with Gasteiger partial charge in [-0.15, -0.1) is 22.7 Å². The summed E-state index contributed by atoms with van der Waals surface area (Å²) in [7, 11) is 0. The van der Waals surface area contributed by atoms with Crippen LogP contribution in [-0.4, -0.2) is 24.5 Å². The van der Waals surface area contributed by atoms with Crippen molar-refractivity contribution < 1.29 is 0 Å². The standard InChI is InChI=1S/C56H33N5S2/c1-3-12-34(13-4-1)38-26-27-49-46(30-38)40-16-7-9-20-48(40)61(49)39-31-45(53-47(32-39)42-28-29-57-33-51(42)63-53)35-22-24-37(25-23-35)55-58-54(36-14-5-2-6-15-36)59-56(60-55)44-19-11-18-43-41-17-8-10-21-50(41)62-52(43)44/h1-33H. The molecule has 13 aromatic rings. The van der Waals surface area contributed by atoms with Crippen molar-refractivity contribution in [2.45, 2.75) is 0 Å². The topological polar surface area (TPSA) is 56.5 Å². The molecule has 0 saturated carbocycles. The molecule has 0 unspecified atom stereocenters. The SMILES string of the molecule is c1ccc(-c2ccc3c(c2)c2ccccc2n3-c2cc(-c3ccc(-c4nc(-c5ccccc5)nc(-c5cccc6c5sc5ccccc56)n4)cc3)c3sc4cnccc4c3c2)cc1. The van der Waals surface area contributed by atoms with Gasteiger partial charge in [0.25, 0.3) is 0 Å². The van der Waals surface area contributed by atoms with Crippen molar-refractivity contribution in [3.05, 3.63) is 200 Å². The Hall–Kier alpha value is -7.84. The fourth-order valence-electron chi connectivity index (χ4n) is 9.19. The van der Waals surface area contributed by atoms with Crippen LogP contribution in [0, 0.1) is 0 Å². The summed E-state index contributed by atoms with van der Waals surface area (Å²) >= 11 is 3.58. The zero-order valence-electron chi connectivity index (χ0n) is 33.6. The van der Waals surface area contributed by atoms with E-state index in [0.717, 1.165) is 32.6 Å². The molecule has 294 valence electrons. The van der Waals surface area contributed by atoms with Gasteiger partial charge in [-0.2, -0.15) is 0 Å². The number of thiophene rings is 2. The van der Waals surface area contributed by atoms with Crippen molar-refractivity contribution >= 4 is 84.8 Å². The summed E-state index contributed by atoms with van der Waals surface area (Å²) in [5.41, 5.74) is 11.0.